The Balaban J connectivity index is 2.22. The molecule has 3 atom stereocenters. The maximum absolute atomic E-state index is 14.9. The summed E-state index contributed by atoms with van der Waals surface area (Å²) in [5.41, 5.74) is 4.34. The van der Waals surface area contributed by atoms with E-state index in [1.807, 2.05) is 0 Å². The number of nitrogen functional groups attached to an aromatic ring is 1. The van der Waals surface area contributed by atoms with Crippen molar-refractivity contribution in [2.24, 2.45) is 9.36 Å². The van der Waals surface area contributed by atoms with Gasteiger partial charge in [0.1, 0.15) is 28.5 Å². The van der Waals surface area contributed by atoms with E-state index in [-0.39, 0.29) is 17.9 Å². The number of nitrogens with zero attached hydrogens (tertiary/aromatic N) is 3. The summed E-state index contributed by atoms with van der Waals surface area (Å²) in [6.07, 6.45) is 1.15. The van der Waals surface area contributed by atoms with E-state index in [0.717, 1.165) is 6.42 Å². The molecule has 0 radical (unpaired) electrons. The minimum atomic E-state index is -2.90. The van der Waals surface area contributed by atoms with Crippen molar-refractivity contribution in [3.05, 3.63) is 23.6 Å². The lowest BCUT2D eigenvalue weighted by Gasteiger charge is -2.48. The van der Waals surface area contributed by atoms with Crippen molar-refractivity contribution >= 4 is 27.2 Å². The summed E-state index contributed by atoms with van der Waals surface area (Å²) in [7, 11) is -2.90. The fourth-order valence-electron chi connectivity index (χ4n) is 4.28. The molecule has 0 aromatic carbocycles. The second kappa shape index (κ2) is 7.28. The van der Waals surface area contributed by atoms with Crippen LogP contribution in [-0.2, 0) is 24.8 Å². The zero-order chi connectivity index (χ0) is 22.5. The lowest BCUT2D eigenvalue weighted by molar-refractivity contribution is -0.153. The average molecular weight is 439 g/mol. The third kappa shape index (κ3) is 3.72. The first kappa shape index (κ1) is 22.7. The molecule has 0 saturated heterocycles. The van der Waals surface area contributed by atoms with Gasteiger partial charge in [-0.1, -0.05) is 0 Å². The van der Waals surface area contributed by atoms with E-state index < -0.39 is 42.7 Å². The van der Waals surface area contributed by atoms with Gasteiger partial charge in [0, 0.05) is 12.3 Å². The maximum Gasteiger partial charge on any atom is 0.312 e. The van der Waals surface area contributed by atoms with Crippen LogP contribution in [-0.4, -0.2) is 43.0 Å². The van der Waals surface area contributed by atoms with Crippen LogP contribution in [0.1, 0.15) is 66.5 Å². The van der Waals surface area contributed by atoms with Crippen LogP contribution in [0.2, 0.25) is 0 Å². The molecule has 30 heavy (non-hydrogen) atoms. The summed E-state index contributed by atoms with van der Waals surface area (Å²) in [4.78, 5) is 21.7. The van der Waals surface area contributed by atoms with Crippen LogP contribution in [0.15, 0.2) is 21.5 Å². The lowest BCUT2D eigenvalue weighted by Crippen LogP contribution is -2.59. The molecule has 2 N–H and O–H groups in total. The number of anilines is 1. The van der Waals surface area contributed by atoms with Crippen molar-refractivity contribution in [2.75, 3.05) is 12.3 Å². The molecule has 3 rings (SSSR count). The SMILES string of the molecule is CC(C)(C)OC(=O)CC1=N[C@](C)(c2nc(N)ccc2F)[C@H]2CCCN=[S@]2(=O)C1(C)C. The van der Waals surface area contributed by atoms with Crippen molar-refractivity contribution < 1.29 is 18.1 Å². The molecule has 0 bridgehead atoms. The first-order chi connectivity index (χ1) is 13.7. The number of carbonyl (C=O) groups excluding carboxylic acids is 1. The Morgan fingerprint density at radius 1 is 1.33 bits per heavy atom. The van der Waals surface area contributed by atoms with Crippen molar-refractivity contribution in [1.29, 1.82) is 0 Å². The second-order valence-electron chi connectivity index (χ2n) is 9.60. The molecule has 0 saturated carbocycles. The lowest BCUT2D eigenvalue weighted by atomic mass is 9.87. The van der Waals surface area contributed by atoms with Gasteiger partial charge in [0.15, 0.2) is 0 Å². The zero-order valence-corrected chi connectivity index (χ0v) is 19.3. The minimum absolute atomic E-state index is 0.0366. The molecule has 3 heterocycles. The molecular weight excluding hydrogens is 407 g/mol. The van der Waals surface area contributed by atoms with Gasteiger partial charge in [-0.25, -0.2) is 17.9 Å². The highest BCUT2D eigenvalue weighted by Gasteiger charge is 2.57. The quantitative estimate of drug-likeness (QED) is 0.726. The van der Waals surface area contributed by atoms with E-state index in [1.54, 1.807) is 41.5 Å². The Morgan fingerprint density at radius 3 is 2.63 bits per heavy atom. The van der Waals surface area contributed by atoms with Crippen LogP contribution in [0.25, 0.3) is 0 Å². The summed E-state index contributed by atoms with van der Waals surface area (Å²) < 4.78 is 38.3. The number of fused-ring (bicyclic) bond motifs is 1. The molecule has 0 amide bonds. The minimum Gasteiger partial charge on any atom is -0.460 e. The third-order valence-electron chi connectivity index (χ3n) is 5.79. The number of hydrogen-bond acceptors (Lipinski definition) is 7. The van der Waals surface area contributed by atoms with Gasteiger partial charge in [-0.05, 0) is 66.5 Å². The van der Waals surface area contributed by atoms with E-state index in [2.05, 4.69) is 9.35 Å². The number of ether oxygens (including phenoxy) is 1. The van der Waals surface area contributed by atoms with Crippen molar-refractivity contribution in [3.63, 3.8) is 0 Å². The third-order valence-corrected chi connectivity index (χ3v) is 9.52. The highest BCUT2D eigenvalue weighted by Crippen LogP contribution is 2.48. The van der Waals surface area contributed by atoms with Crippen LogP contribution < -0.4 is 5.73 Å². The fraction of sp³-hybridized carbons (Fsp3) is 0.667. The van der Waals surface area contributed by atoms with E-state index in [0.29, 0.717) is 18.7 Å². The van der Waals surface area contributed by atoms with Gasteiger partial charge in [0.25, 0.3) is 0 Å². The van der Waals surface area contributed by atoms with E-state index in [4.69, 9.17) is 15.5 Å². The van der Waals surface area contributed by atoms with Gasteiger partial charge in [-0.2, -0.15) is 0 Å². The number of pyridine rings is 1. The van der Waals surface area contributed by atoms with E-state index in [1.165, 1.54) is 12.1 Å². The number of aliphatic imine (C=N–C) groups is 1. The topological polar surface area (TPSA) is 107 Å². The number of aromatic nitrogens is 1. The summed E-state index contributed by atoms with van der Waals surface area (Å²) in [6.45, 7) is 11.1. The van der Waals surface area contributed by atoms with Crippen LogP contribution in [0.3, 0.4) is 0 Å². The molecule has 2 aliphatic rings. The Hall–Kier alpha value is -2.03. The molecule has 0 spiro atoms. The Labute approximate surface area is 177 Å². The van der Waals surface area contributed by atoms with Crippen LogP contribution >= 0.6 is 0 Å². The molecule has 0 fully saturated rings. The molecule has 1 aromatic heterocycles. The number of halogens is 1. The number of nitrogens with two attached hydrogens (primary N) is 1. The van der Waals surface area contributed by atoms with Gasteiger partial charge in [0.2, 0.25) is 0 Å². The Bertz CT molecular complexity index is 1020. The molecule has 0 aliphatic carbocycles. The van der Waals surface area contributed by atoms with E-state index in [9.17, 15) is 13.4 Å². The first-order valence-electron chi connectivity index (χ1n) is 10.2. The summed E-state index contributed by atoms with van der Waals surface area (Å²) in [5.74, 6) is -0.894. The zero-order valence-electron chi connectivity index (χ0n) is 18.5. The van der Waals surface area contributed by atoms with Gasteiger partial charge in [-0.3, -0.25) is 9.79 Å². The molecule has 7 nitrogen and oxygen atoms in total. The van der Waals surface area contributed by atoms with Gasteiger partial charge < -0.3 is 10.5 Å². The Morgan fingerprint density at radius 2 is 2.00 bits per heavy atom. The summed E-state index contributed by atoms with van der Waals surface area (Å²) in [5, 5.41) is -0.542. The fourth-order valence-corrected chi connectivity index (χ4v) is 7.62. The highest BCUT2D eigenvalue weighted by atomic mass is 32.2. The number of rotatable bonds is 3. The predicted molar refractivity (Wildman–Crippen MR) is 116 cm³/mol. The standard InChI is InChI=1S/C21H31FN4O3S/c1-19(2,3)29-17(27)12-14-20(4,5)30(28)15(8-7-11-24-30)21(6,26-14)18-13(22)9-10-16(23)25-18/h9-10,15H,7-8,11-12H2,1-6H3,(H2,23,25)/t15-,21+,30-/m1/s1. The highest BCUT2D eigenvalue weighted by molar-refractivity contribution is 7.96. The number of esters is 1. The second-order valence-corrected chi connectivity index (χ2v) is 12.6. The van der Waals surface area contributed by atoms with Crippen molar-refractivity contribution in [1.82, 2.24) is 4.98 Å². The van der Waals surface area contributed by atoms with E-state index >= 15 is 0 Å². The maximum atomic E-state index is 14.9. The summed E-state index contributed by atoms with van der Waals surface area (Å²) >= 11 is 0. The normalized spacial score (nSPS) is 30.6. The smallest absolute Gasteiger partial charge is 0.312 e. The van der Waals surface area contributed by atoms with Crippen molar-refractivity contribution in [3.8, 4) is 0 Å². The number of hydrogen-bond donors (Lipinski definition) is 1. The first-order valence-corrected chi connectivity index (χ1v) is 11.7. The molecule has 1 aromatic rings. The molecule has 0 unspecified atom stereocenters. The molecule has 9 heteroatoms. The molecular formula is C21H31FN4O3S. The van der Waals surface area contributed by atoms with Crippen LogP contribution in [0, 0.1) is 5.82 Å². The van der Waals surface area contributed by atoms with Crippen LogP contribution in [0.4, 0.5) is 10.2 Å². The predicted octanol–water partition coefficient (Wildman–Crippen LogP) is 3.61. The van der Waals surface area contributed by atoms with Gasteiger partial charge in [-0.15, -0.1) is 0 Å². The summed E-state index contributed by atoms with van der Waals surface area (Å²) in [6, 6.07) is 2.62. The largest absolute Gasteiger partial charge is 0.460 e. The van der Waals surface area contributed by atoms with Crippen molar-refractivity contribution in [2.45, 2.75) is 81.9 Å². The average Bonchev–Trinajstić information content (AvgIpc) is 2.60. The molecule has 166 valence electrons. The monoisotopic (exact) mass is 438 g/mol. The number of carbonyl (C=O) groups is 1. The van der Waals surface area contributed by atoms with Gasteiger partial charge in [0.05, 0.1) is 26.1 Å². The Kier molecular flexibility index (Phi) is 5.50. The van der Waals surface area contributed by atoms with Crippen LogP contribution in [0.5, 0.6) is 0 Å². The molecule has 2 aliphatic heterocycles. The van der Waals surface area contributed by atoms with Gasteiger partial charge >= 0.3 is 5.97 Å².